The molecule has 0 atom stereocenters. The molecule has 1 saturated heterocycles. The Morgan fingerprint density at radius 2 is 1.67 bits per heavy atom. The molecule has 4 rings (SSSR count). The highest BCUT2D eigenvalue weighted by molar-refractivity contribution is 5.92. The predicted molar refractivity (Wildman–Crippen MR) is 118 cm³/mol. The fourth-order valence-corrected chi connectivity index (χ4v) is 3.85. The molecule has 3 aromatic rings. The number of halogens is 1. The van der Waals surface area contributed by atoms with Gasteiger partial charge in [-0.25, -0.2) is 14.2 Å². The Morgan fingerprint density at radius 3 is 2.33 bits per heavy atom. The number of carbonyl (C=O) groups is 2. The van der Waals surface area contributed by atoms with Crippen molar-refractivity contribution in [3.05, 3.63) is 57.2 Å². The summed E-state index contributed by atoms with van der Waals surface area (Å²) in [5.41, 5.74) is -0.0394. The number of nitrogens with zero attached hydrogens (tertiary/aromatic N) is 6. The molecule has 0 bridgehead atoms. The Morgan fingerprint density at radius 1 is 1.00 bits per heavy atom. The van der Waals surface area contributed by atoms with Crippen molar-refractivity contribution in [2.75, 3.05) is 38.0 Å². The van der Waals surface area contributed by atoms with E-state index in [2.05, 4.69) is 10.3 Å². The van der Waals surface area contributed by atoms with Crippen LogP contribution in [0.3, 0.4) is 0 Å². The van der Waals surface area contributed by atoms with E-state index in [4.69, 9.17) is 0 Å². The SMILES string of the molecule is Cn1c(=O)c2c(ncn2CC(=O)N2CCN(CC(=O)Nc3ccc(F)cc3)CC2)n(C)c1=O. The van der Waals surface area contributed by atoms with Crippen molar-refractivity contribution in [2.24, 2.45) is 14.1 Å². The number of piperazine rings is 1. The highest BCUT2D eigenvalue weighted by atomic mass is 19.1. The largest absolute Gasteiger partial charge is 0.339 e. The van der Waals surface area contributed by atoms with E-state index in [1.54, 1.807) is 4.90 Å². The van der Waals surface area contributed by atoms with E-state index in [1.807, 2.05) is 4.90 Å². The number of hydrogen-bond acceptors (Lipinski definition) is 6. The number of anilines is 1. The van der Waals surface area contributed by atoms with Crippen LogP contribution in [-0.4, -0.2) is 73.0 Å². The summed E-state index contributed by atoms with van der Waals surface area (Å²) in [7, 11) is 2.91. The quantitative estimate of drug-likeness (QED) is 0.545. The lowest BCUT2D eigenvalue weighted by atomic mass is 10.3. The Bertz CT molecular complexity index is 1320. The van der Waals surface area contributed by atoms with E-state index in [-0.39, 0.29) is 41.9 Å². The third-order valence-electron chi connectivity index (χ3n) is 5.74. The normalized spacial score (nSPS) is 14.6. The number of aromatic nitrogens is 4. The third kappa shape index (κ3) is 4.55. The first-order valence-electron chi connectivity index (χ1n) is 10.4. The van der Waals surface area contributed by atoms with Gasteiger partial charge in [0, 0.05) is 46.0 Å². The smallest absolute Gasteiger partial charge is 0.332 e. The van der Waals surface area contributed by atoms with E-state index in [0.717, 1.165) is 4.57 Å². The zero-order valence-corrected chi connectivity index (χ0v) is 18.3. The van der Waals surface area contributed by atoms with Crippen molar-refractivity contribution in [1.82, 2.24) is 28.5 Å². The molecular weight excluding hydrogens is 433 g/mol. The number of rotatable bonds is 5. The van der Waals surface area contributed by atoms with Gasteiger partial charge in [0.05, 0.1) is 12.9 Å². The minimum Gasteiger partial charge on any atom is -0.339 e. The average Bonchev–Trinajstić information content (AvgIpc) is 3.22. The Kier molecular flexibility index (Phi) is 6.09. The number of hydrogen-bond donors (Lipinski definition) is 1. The van der Waals surface area contributed by atoms with Crippen LogP contribution in [0.4, 0.5) is 10.1 Å². The lowest BCUT2D eigenvalue weighted by Gasteiger charge is -2.34. The second-order valence-electron chi connectivity index (χ2n) is 7.96. The third-order valence-corrected chi connectivity index (χ3v) is 5.74. The molecule has 33 heavy (non-hydrogen) atoms. The fourth-order valence-electron chi connectivity index (χ4n) is 3.85. The van der Waals surface area contributed by atoms with Gasteiger partial charge in [0.1, 0.15) is 12.4 Å². The monoisotopic (exact) mass is 457 g/mol. The van der Waals surface area contributed by atoms with Crippen LogP contribution in [0, 0.1) is 5.82 Å². The molecule has 3 heterocycles. The van der Waals surface area contributed by atoms with Crippen LogP contribution in [0.25, 0.3) is 11.2 Å². The molecule has 0 radical (unpaired) electrons. The second-order valence-corrected chi connectivity index (χ2v) is 7.96. The van der Waals surface area contributed by atoms with Crippen molar-refractivity contribution in [3.63, 3.8) is 0 Å². The number of imidazole rings is 1. The van der Waals surface area contributed by atoms with Gasteiger partial charge < -0.3 is 14.8 Å². The second kappa shape index (κ2) is 8.98. The first kappa shape index (κ1) is 22.4. The molecule has 1 fully saturated rings. The molecule has 0 spiro atoms. The molecule has 1 N–H and O–H groups in total. The standard InChI is InChI=1S/C21H24FN7O4/c1-25-19-18(20(32)26(2)21(25)33)29(13-23-19)12-17(31)28-9-7-27(8-10-28)11-16(30)24-15-5-3-14(22)4-6-15/h3-6,13H,7-12H2,1-2H3,(H,24,30). The Hall–Kier alpha value is -3.80. The van der Waals surface area contributed by atoms with E-state index < -0.39 is 11.2 Å². The van der Waals surface area contributed by atoms with Gasteiger partial charge in [-0.3, -0.25) is 28.4 Å². The molecule has 1 aliphatic heterocycles. The van der Waals surface area contributed by atoms with Crippen LogP contribution in [0.15, 0.2) is 40.2 Å². The molecule has 174 valence electrons. The van der Waals surface area contributed by atoms with Gasteiger partial charge in [-0.2, -0.15) is 0 Å². The minimum absolute atomic E-state index is 0.0744. The van der Waals surface area contributed by atoms with E-state index in [0.29, 0.717) is 31.9 Å². The zero-order chi connectivity index (χ0) is 23.7. The number of benzene rings is 1. The molecule has 1 aliphatic rings. The number of fused-ring (bicyclic) bond motifs is 1. The fraction of sp³-hybridized carbons (Fsp3) is 0.381. The summed E-state index contributed by atoms with van der Waals surface area (Å²) in [6.45, 7) is 2.00. The first-order chi connectivity index (χ1) is 15.7. The number of nitrogens with one attached hydrogen (secondary N) is 1. The topological polar surface area (TPSA) is 114 Å². The van der Waals surface area contributed by atoms with Crippen molar-refractivity contribution in [3.8, 4) is 0 Å². The van der Waals surface area contributed by atoms with Gasteiger partial charge in [-0.1, -0.05) is 0 Å². The molecular formula is C21H24FN7O4. The van der Waals surface area contributed by atoms with Gasteiger partial charge in [0.15, 0.2) is 11.2 Å². The van der Waals surface area contributed by atoms with Crippen LogP contribution in [-0.2, 0) is 30.2 Å². The highest BCUT2D eigenvalue weighted by Gasteiger charge is 2.24. The average molecular weight is 457 g/mol. The maximum absolute atomic E-state index is 13.0. The zero-order valence-electron chi connectivity index (χ0n) is 18.3. The van der Waals surface area contributed by atoms with Gasteiger partial charge in [0.25, 0.3) is 5.56 Å². The van der Waals surface area contributed by atoms with E-state index in [9.17, 15) is 23.6 Å². The van der Waals surface area contributed by atoms with Gasteiger partial charge in [-0.15, -0.1) is 0 Å². The molecule has 1 aromatic carbocycles. The number of carbonyl (C=O) groups excluding carboxylic acids is 2. The summed E-state index contributed by atoms with van der Waals surface area (Å²) in [4.78, 5) is 57.4. The maximum atomic E-state index is 13.0. The number of amides is 2. The predicted octanol–water partition coefficient (Wildman–Crippen LogP) is -0.644. The highest BCUT2D eigenvalue weighted by Crippen LogP contribution is 2.10. The van der Waals surface area contributed by atoms with Crippen molar-refractivity contribution in [1.29, 1.82) is 0 Å². The van der Waals surface area contributed by atoms with Crippen LogP contribution in [0.2, 0.25) is 0 Å². The molecule has 0 unspecified atom stereocenters. The summed E-state index contributed by atoms with van der Waals surface area (Å²) in [5.74, 6) is -0.768. The van der Waals surface area contributed by atoms with Crippen LogP contribution in [0.5, 0.6) is 0 Å². The van der Waals surface area contributed by atoms with Crippen molar-refractivity contribution in [2.45, 2.75) is 6.54 Å². The molecule has 11 nitrogen and oxygen atoms in total. The summed E-state index contributed by atoms with van der Waals surface area (Å²) in [6, 6.07) is 5.54. The van der Waals surface area contributed by atoms with Crippen LogP contribution < -0.4 is 16.6 Å². The number of aryl methyl sites for hydroxylation is 1. The summed E-state index contributed by atoms with van der Waals surface area (Å²) in [6.07, 6.45) is 1.39. The van der Waals surface area contributed by atoms with Crippen molar-refractivity contribution >= 4 is 28.7 Å². The molecule has 0 saturated carbocycles. The Labute approximate surface area is 187 Å². The van der Waals surface area contributed by atoms with Gasteiger partial charge >= 0.3 is 5.69 Å². The van der Waals surface area contributed by atoms with E-state index >= 15 is 0 Å². The summed E-state index contributed by atoms with van der Waals surface area (Å²) in [5, 5.41) is 2.72. The molecule has 0 aliphatic carbocycles. The Balaban J connectivity index is 1.34. The molecule has 2 amide bonds. The summed E-state index contributed by atoms with van der Waals surface area (Å²) >= 11 is 0. The van der Waals surface area contributed by atoms with Crippen molar-refractivity contribution < 1.29 is 14.0 Å². The van der Waals surface area contributed by atoms with Crippen LogP contribution in [0.1, 0.15) is 0 Å². The lowest BCUT2D eigenvalue weighted by Crippen LogP contribution is -2.51. The molecule has 12 heteroatoms. The van der Waals surface area contributed by atoms with Gasteiger partial charge in [-0.05, 0) is 24.3 Å². The lowest BCUT2D eigenvalue weighted by molar-refractivity contribution is -0.133. The summed E-state index contributed by atoms with van der Waals surface area (Å²) < 4.78 is 16.7. The van der Waals surface area contributed by atoms with Crippen LogP contribution >= 0.6 is 0 Å². The maximum Gasteiger partial charge on any atom is 0.332 e. The van der Waals surface area contributed by atoms with Gasteiger partial charge in [0.2, 0.25) is 11.8 Å². The first-order valence-corrected chi connectivity index (χ1v) is 10.4. The molecule has 2 aromatic heterocycles. The minimum atomic E-state index is -0.504. The van der Waals surface area contributed by atoms with E-state index in [1.165, 1.54) is 53.8 Å².